The second-order valence-corrected chi connectivity index (χ2v) is 6.71. The Morgan fingerprint density at radius 3 is 2.00 bits per heavy atom. The summed E-state index contributed by atoms with van der Waals surface area (Å²) >= 11 is 0. The van der Waals surface area contributed by atoms with Crippen LogP contribution in [0.15, 0.2) is 35.5 Å². The number of nitrogens with zero attached hydrogens (tertiary/aromatic N) is 2. The highest BCUT2D eigenvalue weighted by atomic mass is 16.1. The van der Waals surface area contributed by atoms with Gasteiger partial charge in [-0.2, -0.15) is 0 Å². The van der Waals surface area contributed by atoms with Crippen LogP contribution < -0.4 is 0 Å². The Bertz CT molecular complexity index is 680. The van der Waals surface area contributed by atoms with Crippen LogP contribution in [0.25, 0.3) is 0 Å². The molecule has 0 aromatic heterocycles. The van der Waals surface area contributed by atoms with Gasteiger partial charge in [-0.1, -0.05) is 24.3 Å². The molecule has 1 aromatic carbocycles. The summed E-state index contributed by atoms with van der Waals surface area (Å²) in [7, 11) is 0. The molecule has 4 rings (SSSR count). The van der Waals surface area contributed by atoms with E-state index in [1.54, 1.807) is 12.1 Å². The lowest BCUT2D eigenvalue weighted by Crippen LogP contribution is -2.36. The predicted molar refractivity (Wildman–Crippen MR) is 88.6 cm³/mol. The zero-order valence-electron chi connectivity index (χ0n) is 13.4. The molecule has 4 nitrogen and oxygen atoms in total. The average molecular weight is 310 g/mol. The lowest BCUT2D eigenvalue weighted by Gasteiger charge is -2.29. The number of ketones is 2. The van der Waals surface area contributed by atoms with Crippen LogP contribution in [0.2, 0.25) is 0 Å². The lowest BCUT2D eigenvalue weighted by molar-refractivity contribution is 0.0940. The highest BCUT2D eigenvalue weighted by Gasteiger charge is 2.36. The van der Waals surface area contributed by atoms with E-state index in [1.165, 1.54) is 12.8 Å². The summed E-state index contributed by atoms with van der Waals surface area (Å²) in [4.78, 5) is 30.6. The van der Waals surface area contributed by atoms with Gasteiger partial charge in [0.1, 0.15) is 0 Å². The number of carbonyl (C=O) groups excluding carboxylic acids is 2. The van der Waals surface area contributed by atoms with Crippen LogP contribution in [0.4, 0.5) is 0 Å². The molecule has 120 valence electrons. The van der Waals surface area contributed by atoms with Crippen molar-refractivity contribution in [2.24, 2.45) is 0 Å². The van der Waals surface area contributed by atoms with Gasteiger partial charge in [0, 0.05) is 36.3 Å². The van der Waals surface area contributed by atoms with Gasteiger partial charge in [-0.15, -0.1) is 0 Å². The van der Waals surface area contributed by atoms with Crippen molar-refractivity contribution in [1.82, 2.24) is 9.80 Å². The topological polar surface area (TPSA) is 40.6 Å². The fourth-order valence-corrected chi connectivity index (χ4v) is 4.00. The summed E-state index contributed by atoms with van der Waals surface area (Å²) in [5.41, 5.74) is 2.55. The van der Waals surface area contributed by atoms with Gasteiger partial charge in [0.05, 0.1) is 5.70 Å². The van der Waals surface area contributed by atoms with Crippen molar-refractivity contribution < 1.29 is 9.59 Å². The molecule has 0 amide bonds. The van der Waals surface area contributed by atoms with Crippen LogP contribution in [0.5, 0.6) is 0 Å². The number of benzene rings is 1. The number of Topliss-reactive ketones (excluding diaryl/α,β-unsaturated/α-hetero) is 2. The first-order chi connectivity index (χ1) is 11.3. The molecule has 1 aliphatic carbocycles. The van der Waals surface area contributed by atoms with Gasteiger partial charge in [0.2, 0.25) is 5.78 Å². The van der Waals surface area contributed by atoms with Crippen molar-refractivity contribution in [3.63, 3.8) is 0 Å². The minimum absolute atomic E-state index is 0.0382. The number of carbonyl (C=O) groups is 2. The fraction of sp³-hybridized carbons (Fsp3) is 0.474. The van der Waals surface area contributed by atoms with E-state index in [9.17, 15) is 9.59 Å². The van der Waals surface area contributed by atoms with E-state index in [1.807, 2.05) is 12.1 Å². The molecule has 2 heterocycles. The first kappa shape index (κ1) is 14.6. The van der Waals surface area contributed by atoms with Gasteiger partial charge < -0.3 is 4.90 Å². The SMILES string of the molecule is O=C1C(CN2CCCC2)=C(N2CCCC2)C(=O)c2ccccc21. The molecule has 2 fully saturated rings. The Morgan fingerprint density at radius 2 is 1.35 bits per heavy atom. The zero-order chi connectivity index (χ0) is 15.8. The van der Waals surface area contributed by atoms with Gasteiger partial charge >= 0.3 is 0 Å². The number of fused-ring (bicyclic) bond motifs is 1. The van der Waals surface area contributed by atoms with Gasteiger partial charge in [-0.05, 0) is 38.8 Å². The predicted octanol–water partition coefficient (Wildman–Crippen LogP) is 2.51. The summed E-state index contributed by atoms with van der Waals surface area (Å²) in [6.45, 7) is 4.45. The largest absolute Gasteiger partial charge is 0.368 e. The van der Waals surface area contributed by atoms with E-state index in [0.717, 1.165) is 44.6 Å². The lowest BCUT2D eigenvalue weighted by atomic mass is 9.86. The van der Waals surface area contributed by atoms with Crippen molar-refractivity contribution in [2.45, 2.75) is 25.7 Å². The van der Waals surface area contributed by atoms with Crippen LogP contribution >= 0.6 is 0 Å². The molecular weight excluding hydrogens is 288 g/mol. The Morgan fingerprint density at radius 1 is 0.783 bits per heavy atom. The molecule has 0 spiro atoms. The van der Waals surface area contributed by atoms with Crippen LogP contribution in [0, 0.1) is 0 Å². The molecule has 0 saturated carbocycles. The number of likely N-dealkylation sites (tertiary alicyclic amines) is 2. The maximum Gasteiger partial charge on any atom is 0.210 e. The maximum atomic E-state index is 13.1. The first-order valence-corrected chi connectivity index (χ1v) is 8.64. The molecule has 2 aliphatic heterocycles. The average Bonchev–Trinajstić information content (AvgIpc) is 3.26. The monoisotopic (exact) mass is 310 g/mol. The number of allylic oxidation sites excluding steroid dienone is 1. The Labute approximate surface area is 136 Å². The van der Waals surface area contributed by atoms with Crippen LogP contribution in [0.3, 0.4) is 0 Å². The summed E-state index contributed by atoms with van der Waals surface area (Å²) < 4.78 is 0. The molecule has 4 heteroatoms. The Hall–Kier alpha value is -1.94. The number of hydrogen-bond acceptors (Lipinski definition) is 4. The molecule has 0 bridgehead atoms. The highest BCUT2D eigenvalue weighted by Crippen LogP contribution is 2.31. The highest BCUT2D eigenvalue weighted by molar-refractivity contribution is 6.26. The van der Waals surface area contributed by atoms with E-state index in [4.69, 9.17) is 0 Å². The third-order valence-corrected chi connectivity index (χ3v) is 5.19. The van der Waals surface area contributed by atoms with E-state index >= 15 is 0 Å². The van der Waals surface area contributed by atoms with E-state index in [-0.39, 0.29) is 11.6 Å². The van der Waals surface area contributed by atoms with E-state index < -0.39 is 0 Å². The van der Waals surface area contributed by atoms with Gasteiger partial charge in [-0.25, -0.2) is 0 Å². The normalized spacial score (nSPS) is 22.2. The minimum Gasteiger partial charge on any atom is -0.368 e. The quantitative estimate of drug-likeness (QED) is 0.860. The maximum absolute atomic E-state index is 13.1. The summed E-state index contributed by atoms with van der Waals surface area (Å²) in [5.74, 6) is 0.0882. The summed E-state index contributed by atoms with van der Waals surface area (Å²) in [6.07, 6.45) is 4.57. The smallest absolute Gasteiger partial charge is 0.210 e. The fourth-order valence-electron chi connectivity index (χ4n) is 4.00. The van der Waals surface area contributed by atoms with Crippen LogP contribution in [-0.4, -0.2) is 54.1 Å². The first-order valence-electron chi connectivity index (χ1n) is 8.64. The van der Waals surface area contributed by atoms with E-state index in [2.05, 4.69) is 9.80 Å². The molecule has 0 atom stereocenters. The second kappa shape index (κ2) is 5.93. The molecule has 0 N–H and O–H groups in total. The zero-order valence-corrected chi connectivity index (χ0v) is 13.4. The van der Waals surface area contributed by atoms with Crippen molar-refractivity contribution >= 4 is 11.6 Å². The standard InChI is InChI=1S/C19H22N2O2/c22-18-14-7-1-2-8-15(14)19(23)17(21-11-5-6-12-21)16(18)13-20-9-3-4-10-20/h1-2,7-8H,3-6,9-13H2. The van der Waals surface area contributed by atoms with Crippen molar-refractivity contribution in [3.05, 3.63) is 46.7 Å². The summed E-state index contributed by atoms with van der Waals surface area (Å²) in [6, 6.07) is 7.27. The second-order valence-electron chi connectivity index (χ2n) is 6.71. The third-order valence-electron chi connectivity index (χ3n) is 5.19. The molecule has 23 heavy (non-hydrogen) atoms. The van der Waals surface area contributed by atoms with Gasteiger partial charge in [0.25, 0.3) is 0 Å². The number of hydrogen-bond donors (Lipinski definition) is 0. The summed E-state index contributed by atoms with van der Waals surface area (Å²) in [5, 5.41) is 0. The molecular formula is C19H22N2O2. The Balaban J connectivity index is 1.78. The third kappa shape index (κ3) is 2.51. The Kier molecular flexibility index (Phi) is 3.77. The molecule has 3 aliphatic rings. The van der Waals surface area contributed by atoms with Crippen LogP contribution in [0.1, 0.15) is 46.4 Å². The van der Waals surface area contributed by atoms with Gasteiger partial charge in [0.15, 0.2) is 5.78 Å². The van der Waals surface area contributed by atoms with Crippen molar-refractivity contribution in [2.75, 3.05) is 32.7 Å². The molecule has 2 saturated heterocycles. The molecule has 0 radical (unpaired) electrons. The molecule has 0 unspecified atom stereocenters. The minimum atomic E-state index is 0.0382. The van der Waals surface area contributed by atoms with Gasteiger partial charge in [-0.3, -0.25) is 14.5 Å². The number of rotatable bonds is 3. The van der Waals surface area contributed by atoms with Crippen LogP contribution in [-0.2, 0) is 0 Å². The van der Waals surface area contributed by atoms with Crippen molar-refractivity contribution in [3.8, 4) is 0 Å². The van der Waals surface area contributed by atoms with Crippen molar-refractivity contribution in [1.29, 1.82) is 0 Å². The molecule has 1 aromatic rings. The van der Waals surface area contributed by atoms with E-state index in [0.29, 0.717) is 23.4 Å².